The predicted octanol–water partition coefficient (Wildman–Crippen LogP) is 6.37. The minimum atomic E-state index is -1.01. The van der Waals surface area contributed by atoms with Crippen LogP contribution in [0.5, 0.6) is 5.75 Å². The largest absolute Gasteiger partial charge is 0.490 e. The number of benzene rings is 3. The van der Waals surface area contributed by atoms with Crippen molar-refractivity contribution in [2.24, 2.45) is 0 Å². The molecule has 2 atom stereocenters. The third kappa shape index (κ3) is 10.0. The molecule has 2 unspecified atom stereocenters. The molecule has 0 aliphatic rings. The lowest BCUT2D eigenvalue weighted by molar-refractivity contribution is 0.0829. The zero-order valence-electron chi connectivity index (χ0n) is 23.8. The lowest BCUT2D eigenvalue weighted by Crippen LogP contribution is -2.48. The molecule has 3 aromatic rings. The van der Waals surface area contributed by atoms with Gasteiger partial charge < -0.3 is 20.5 Å². The van der Waals surface area contributed by atoms with Gasteiger partial charge in [-0.25, -0.2) is 8.78 Å². The highest BCUT2D eigenvalue weighted by molar-refractivity contribution is 5.94. The van der Waals surface area contributed by atoms with Crippen molar-refractivity contribution in [2.45, 2.75) is 84.1 Å². The monoisotopic (exact) mass is 552 g/mol. The quantitative estimate of drug-likeness (QED) is 0.193. The van der Waals surface area contributed by atoms with Crippen molar-refractivity contribution >= 4 is 5.91 Å². The van der Waals surface area contributed by atoms with E-state index >= 15 is 0 Å². The first-order chi connectivity index (χ1) is 19.3. The van der Waals surface area contributed by atoms with E-state index in [1.165, 1.54) is 17.7 Å². The van der Waals surface area contributed by atoms with Crippen LogP contribution in [0.15, 0.2) is 66.7 Å². The molecule has 0 aromatic heterocycles. The second-order valence-electron chi connectivity index (χ2n) is 10.3. The smallest absolute Gasteiger partial charge is 0.251 e. The molecule has 0 fully saturated rings. The summed E-state index contributed by atoms with van der Waals surface area (Å²) in [6.07, 6.45) is 3.92. The summed E-state index contributed by atoms with van der Waals surface area (Å²) in [5.74, 6) is -1.20. The Kier molecular flexibility index (Phi) is 12.6. The Bertz CT molecular complexity index is 1190. The fraction of sp³-hybridized carbons (Fsp3) is 0.424. The normalized spacial score (nSPS) is 12.8. The number of aliphatic hydroxyl groups is 1. The molecule has 0 radical (unpaired) electrons. The van der Waals surface area contributed by atoms with Crippen LogP contribution in [0.3, 0.4) is 0 Å². The highest BCUT2D eigenvalue weighted by atomic mass is 19.1. The van der Waals surface area contributed by atoms with Crippen molar-refractivity contribution in [2.75, 3.05) is 6.54 Å². The van der Waals surface area contributed by atoms with Gasteiger partial charge in [0.25, 0.3) is 5.91 Å². The number of ether oxygens (including phenoxy) is 1. The standard InChI is InChI=1S/C33H42F2N2O3/c1-4-9-29(10-5-2)40-30-14-8-13-26(19-30)33(39)37-31(18-25-16-27(34)20-28(35)17-25)32(38)22-36-21-24-12-7-11-23(6-3)15-24/h7-8,11-17,19-20,29,31-32,36,38H,4-6,9-10,18,21-22H2,1-3H3,(H,37,39). The average Bonchev–Trinajstić information content (AvgIpc) is 2.92. The van der Waals surface area contributed by atoms with Crippen molar-refractivity contribution in [3.05, 3.63) is 101 Å². The van der Waals surface area contributed by atoms with Gasteiger partial charge in [-0.2, -0.15) is 0 Å². The number of hydrogen-bond acceptors (Lipinski definition) is 4. The van der Waals surface area contributed by atoms with Gasteiger partial charge in [0.1, 0.15) is 17.4 Å². The lowest BCUT2D eigenvalue weighted by Gasteiger charge is -2.25. The minimum absolute atomic E-state index is 0.0554. The van der Waals surface area contributed by atoms with E-state index in [9.17, 15) is 18.7 Å². The number of carbonyl (C=O) groups is 1. The van der Waals surface area contributed by atoms with E-state index in [0.717, 1.165) is 43.7 Å². The summed E-state index contributed by atoms with van der Waals surface area (Å²) in [4.78, 5) is 13.3. The number of carbonyl (C=O) groups excluding carboxylic acids is 1. The Morgan fingerprint density at radius 1 is 0.875 bits per heavy atom. The molecule has 40 heavy (non-hydrogen) atoms. The summed E-state index contributed by atoms with van der Waals surface area (Å²) in [6, 6.07) is 17.6. The van der Waals surface area contributed by atoms with Crippen molar-refractivity contribution < 1.29 is 23.4 Å². The predicted molar refractivity (Wildman–Crippen MR) is 156 cm³/mol. The molecule has 216 valence electrons. The van der Waals surface area contributed by atoms with Gasteiger partial charge in [-0.1, -0.05) is 63.9 Å². The van der Waals surface area contributed by atoms with Crippen LogP contribution in [-0.4, -0.2) is 35.8 Å². The van der Waals surface area contributed by atoms with Gasteiger partial charge in [0, 0.05) is 24.7 Å². The number of aliphatic hydroxyl groups excluding tert-OH is 1. The number of rotatable bonds is 16. The van der Waals surface area contributed by atoms with Crippen LogP contribution in [0.1, 0.15) is 73.5 Å². The van der Waals surface area contributed by atoms with E-state index < -0.39 is 29.7 Å². The molecular formula is C33H42F2N2O3. The molecule has 0 heterocycles. The summed E-state index contributed by atoms with van der Waals surface area (Å²) in [5.41, 5.74) is 3.04. The Morgan fingerprint density at radius 2 is 1.55 bits per heavy atom. The van der Waals surface area contributed by atoms with Crippen LogP contribution < -0.4 is 15.4 Å². The lowest BCUT2D eigenvalue weighted by atomic mass is 10.00. The first-order valence-electron chi connectivity index (χ1n) is 14.3. The zero-order chi connectivity index (χ0) is 28.9. The topological polar surface area (TPSA) is 70.6 Å². The van der Waals surface area contributed by atoms with Crippen LogP contribution in [0.25, 0.3) is 0 Å². The zero-order valence-corrected chi connectivity index (χ0v) is 23.8. The Balaban J connectivity index is 1.72. The molecule has 3 rings (SSSR count). The van der Waals surface area contributed by atoms with Gasteiger partial charge >= 0.3 is 0 Å². The molecule has 7 heteroatoms. The number of aryl methyl sites for hydroxylation is 1. The number of halogens is 2. The molecule has 3 aromatic carbocycles. The number of hydrogen-bond donors (Lipinski definition) is 3. The maximum absolute atomic E-state index is 13.9. The summed E-state index contributed by atoms with van der Waals surface area (Å²) in [6.45, 7) is 7.04. The van der Waals surface area contributed by atoms with Gasteiger partial charge in [0.2, 0.25) is 0 Å². The highest BCUT2D eigenvalue weighted by Crippen LogP contribution is 2.20. The third-order valence-corrected chi connectivity index (χ3v) is 6.86. The molecule has 3 N–H and O–H groups in total. The summed E-state index contributed by atoms with van der Waals surface area (Å²) in [7, 11) is 0. The Labute approximate surface area is 237 Å². The van der Waals surface area contributed by atoms with Crippen LogP contribution in [0.4, 0.5) is 8.78 Å². The molecule has 0 aliphatic heterocycles. The first kappa shape index (κ1) is 31.2. The molecule has 0 saturated heterocycles. The molecule has 5 nitrogen and oxygen atoms in total. The van der Waals surface area contributed by atoms with E-state index in [1.54, 1.807) is 18.2 Å². The first-order valence-corrected chi connectivity index (χ1v) is 14.3. The van der Waals surface area contributed by atoms with Crippen molar-refractivity contribution in [3.8, 4) is 5.75 Å². The summed E-state index contributed by atoms with van der Waals surface area (Å²) >= 11 is 0. The molecule has 0 aliphatic carbocycles. The molecule has 1 amide bonds. The van der Waals surface area contributed by atoms with Crippen LogP contribution in [0.2, 0.25) is 0 Å². The maximum Gasteiger partial charge on any atom is 0.251 e. The Morgan fingerprint density at radius 3 is 2.23 bits per heavy atom. The number of amides is 1. The van der Waals surface area contributed by atoms with E-state index in [-0.39, 0.29) is 19.1 Å². The van der Waals surface area contributed by atoms with Crippen molar-refractivity contribution in [3.63, 3.8) is 0 Å². The van der Waals surface area contributed by atoms with Crippen molar-refractivity contribution in [1.82, 2.24) is 10.6 Å². The van der Waals surface area contributed by atoms with Crippen LogP contribution in [-0.2, 0) is 19.4 Å². The third-order valence-electron chi connectivity index (χ3n) is 6.86. The Hall–Kier alpha value is -3.29. The SMILES string of the molecule is CCCC(CCC)Oc1cccc(C(=O)NC(Cc2cc(F)cc(F)c2)C(O)CNCc2cccc(CC)c2)c1. The highest BCUT2D eigenvalue weighted by Gasteiger charge is 2.23. The van der Waals surface area contributed by atoms with E-state index in [1.807, 2.05) is 18.2 Å². The molecule has 0 bridgehead atoms. The average molecular weight is 553 g/mol. The molecular weight excluding hydrogens is 510 g/mol. The number of nitrogens with one attached hydrogen (secondary N) is 2. The van der Waals surface area contributed by atoms with Gasteiger partial charge in [-0.15, -0.1) is 0 Å². The van der Waals surface area contributed by atoms with Crippen LogP contribution >= 0.6 is 0 Å². The molecule has 0 saturated carbocycles. The van der Waals surface area contributed by atoms with Gasteiger partial charge in [0.15, 0.2) is 0 Å². The second kappa shape index (κ2) is 16.1. The molecule has 0 spiro atoms. The maximum atomic E-state index is 13.9. The fourth-order valence-corrected chi connectivity index (χ4v) is 4.79. The van der Waals surface area contributed by atoms with Crippen LogP contribution in [0, 0.1) is 11.6 Å². The minimum Gasteiger partial charge on any atom is -0.490 e. The fourth-order valence-electron chi connectivity index (χ4n) is 4.79. The van der Waals surface area contributed by atoms with Gasteiger partial charge in [0.05, 0.1) is 18.2 Å². The van der Waals surface area contributed by atoms with E-state index in [2.05, 4.69) is 43.5 Å². The van der Waals surface area contributed by atoms with Gasteiger partial charge in [-0.05, 0) is 72.7 Å². The van der Waals surface area contributed by atoms with E-state index in [4.69, 9.17) is 4.74 Å². The second-order valence-corrected chi connectivity index (χ2v) is 10.3. The van der Waals surface area contributed by atoms with Gasteiger partial charge in [-0.3, -0.25) is 4.79 Å². The summed E-state index contributed by atoms with van der Waals surface area (Å²) in [5, 5.41) is 17.2. The van der Waals surface area contributed by atoms with E-state index in [0.29, 0.717) is 23.4 Å². The summed E-state index contributed by atoms with van der Waals surface area (Å²) < 4.78 is 34.0. The van der Waals surface area contributed by atoms with Crippen molar-refractivity contribution in [1.29, 1.82) is 0 Å².